The monoisotopic (exact) mass is 438 g/mol. The zero-order valence-corrected chi connectivity index (χ0v) is 17.7. The summed E-state index contributed by atoms with van der Waals surface area (Å²) in [5, 5.41) is 3.74. The van der Waals surface area contributed by atoms with Gasteiger partial charge in [-0.25, -0.2) is 0 Å². The van der Waals surface area contributed by atoms with E-state index in [1.54, 1.807) is 29.2 Å². The first kappa shape index (κ1) is 21.0. The molecule has 0 spiro atoms. The number of para-hydroxylation sites is 1. The number of rotatable bonds is 6. The second-order valence-electron chi connectivity index (χ2n) is 7.43. The van der Waals surface area contributed by atoms with Crippen molar-refractivity contribution >= 4 is 23.4 Å². The second kappa shape index (κ2) is 9.71. The summed E-state index contributed by atoms with van der Waals surface area (Å²) in [6.07, 6.45) is 2.87. The number of nitrogens with one attached hydrogen (secondary N) is 1. The molecule has 0 bridgehead atoms. The fourth-order valence-corrected chi connectivity index (χ4v) is 3.69. The number of nitrogens with zero attached hydrogens (tertiary/aromatic N) is 1. The van der Waals surface area contributed by atoms with Gasteiger partial charge in [0.2, 0.25) is 0 Å². The van der Waals surface area contributed by atoms with Crippen LogP contribution in [0.25, 0.3) is 0 Å². The third kappa shape index (κ3) is 5.27. The summed E-state index contributed by atoms with van der Waals surface area (Å²) < 4.78 is 11.1. The van der Waals surface area contributed by atoms with Gasteiger partial charge in [0, 0.05) is 24.2 Å². The summed E-state index contributed by atoms with van der Waals surface area (Å²) in [5.74, 6) is 0.577. The molecule has 2 heterocycles. The van der Waals surface area contributed by atoms with Crippen molar-refractivity contribution in [2.24, 2.45) is 0 Å². The molecule has 1 aromatic heterocycles. The molecule has 160 valence electrons. The summed E-state index contributed by atoms with van der Waals surface area (Å²) in [7, 11) is 0. The molecule has 7 heteroatoms. The molecule has 31 heavy (non-hydrogen) atoms. The van der Waals surface area contributed by atoms with Gasteiger partial charge in [0.1, 0.15) is 12.4 Å². The van der Waals surface area contributed by atoms with Crippen LogP contribution in [0.15, 0.2) is 71.3 Å². The normalized spacial score (nSPS) is 14.3. The van der Waals surface area contributed by atoms with Gasteiger partial charge < -0.3 is 19.4 Å². The number of furan rings is 1. The fourth-order valence-electron chi connectivity index (χ4n) is 3.57. The Balaban J connectivity index is 1.33. The van der Waals surface area contributed by atoms with Gasteiger partial charge in [0.15, 0.2) is 5.76 Å². The molecule has 4 rings (SSSR count). The first-order valence-corrected chi connectivity index (χ1v) is 10.6. The molecule has 0 aliphatic carbocycles. The number of hydrogen-bond acceptors (Lipinski definition) is 4. The van der Waals surface area contributed by atoms with Crippen LogP contribution in [0.2, 0.25) is 5.02 Å². The van der Waals surface area contributed by atoms with Gasteiger partial charge in [-0.15, -0.1) is 0 Å². The summed E-state index contributed by atoms with van der Waals surface area (Å²) in [6.45, 7) is 1.48. The maximum atomic E-state index is 12.9. The highest BCUT2D eigenvalue weighted by Crippen LogP contribution is 2.21. The highest BCUT2D eigenvalue weighted by molar-refractivity contribution is 6.30. The first-order chi connectivity index (χ1) is 15.1. The third-order valence-corrected chi connectivity index (χ3v) is 5.54. The van der Waals surface area contributed by atoms with Gasteiger partial charge in [-0.1, -0.05) is 35.9 Å². The molecule has 1 saturated heterocycles. The Morgan fingerprint density at radius 2 is 1.77 bits per heavy atom. The number of carbonyl (C=O) groups is 2. The van der Waals surface area contributed by atoms with E-state index in [-0.39, 0.29) is 17.9 Å². The van der Waals surface area contributed by atoms with Crippen LogP contribution in [0, 0.1) is 0 Å². The van der Waals surface area contributed by atoms with E-state index in [0.29, 0.717) is 54.6 Å². The summed E-state index contributed by atoms with van der Waals surface area (Å²) in [6, 6.07) is 18.0. The topological polar surface area (TPSA) is 71.8 Å². The maximum Gasteiger partial charge on any atom is 0.289 e. The molecular formula is C24H23ClN2O4. The molecule has 1 aliphatic heterocycles. The van der Waals surface area contributed by atoms with Crippen LogP contribution in [-0.2, 0) is 6.61 Å². The number of carbonyl (C=O) groups excluding carboxylic acids is 2. The highest BCUT2D eigenvalue weighted by atomic mass is 35.5. The van der Waals surface area contributed by atoms with E-state index in [2.05, 4.69) is 5.32 Å². The first-order valence-electron chi connectivity index (χ1n) is 10.2. The largest absolute Gasteiger partial charge is 0.488 e. The molecule has 1 N–H and O–H groups in total. The van der Waals surface area contributed by atoms with Gasteiger partial charge >= 0.3 is 0 Å². The van der Waals surface area contributed by atoms with E-state index >= 15 is 0 Å². The average Bonchev–Trinajstić information content (AvgIpc) is 3.34. The van der Waals surface area contributed by atoms with Crippen LogP contribution < -0.4 is 10.1 Å². The average molecular weight is 439 g/mol. The lowest BCUT2D eigenvalue weighted by molar-refractivity contribution is 0.0667. The van der Waals surface area contributed by atoms with Crippen LogP contribution in [0.5, 0.6) is 5.75 Å². The smallest absolute Gasteiger partial charge is 0.289 e. The van der Waals surface area contributed by atoms with Crippen molar-refractivity contribution in [1.29, 1.82) is 0 Å². The van der Waals surface area contributed by atoms with Gasteiger partial charge in [-0.05, 0) is 54.8 Å². The molecule has 1 fully saturated rings. The zero-order chi connectivity index (χ0) is 21.6. The Kier molecular flexibility index (Phi) is 6.57. The Morgan fingerprint density at radius 3 is 2.48 bits per heavy atom. The number of benzene rings is 2. The minimum absolute atomic E-state index is 0.00234. The number of amides is 2. The van der Waals surface area contributed by atoms with Crippen molar-refractivity contribution in [1.82, 2.24) is 10.2 Å². The van der Waals surface area contributed by atoms with Crippen LogP contribution in [-0.4, -0.2) is 35.8 Å². The quantitative estimate of drug-likeness (QED) is 0.613. The van der Waals surface area contributed by atoms with Gasteiger partial charge in [-0.2, -0.15) is 0 Å². The molecule has 0 atom stereocenters. The summed E-state index contributed by atoms with van der Waals surface area (Å²) in [5.41, 5.74) is 1.46. The number of ether oxygens (including phenoxy) is 1. The minimum atomic E-state index is -0.178. The Bertz CT molecular complexity index is 1030. The molecule has 2 amide bonds. The number of piperidine rings is 1. The van der Waals surface area contributed by atoms with Crippen molar-refractivity contribution in [3.63, 3.8) is 0 Å². The number of hydrogen-bond donors (Lipinski definition) is 1. The lowest BCUT2D eigenvalue weighted by Gasteiger charge is -2.32. The standard InChI is InChI=1S/C24H23ClN2O4/c25-18-9-7-17(8-10-18)16-31-21-5-2-1-4-20(21)23(28)26-19-11-13-27(14-12-19)24(29)22-6-3-15-30-22/h1-10,15,19H,11-14,16H2,(H,26,28). The van der Waals surface area contributed by atoms with Crippen LogP contribution in [0.1, 0.15) is 39.3 Å². The maximum absolute atomic E-state index is 12.9. The van der Waals surface area contributed by atoms with Gasteiger partial charge in [0.25, 0.3) is 11.8 Å². The van der Waals surface area contributed by atoms with Crippen molar-refractivity contribution in [2.45, 2.75) is 25.5 Å². The van der Waals surface area contributed by atoms with E-state index in [1.165, 1.54) is 6.26 Å². The minimum Gasteiger partial charge on any atom is -0.488 e. The predicted octanol–water partition coefficient (Wildman–Crippen LogP) is 4.55. The summed E-state index contributed by atoms with van der Waals surface area (Å²) >= 11 is 5.92. The van der Waals surface area contributed by atoms with E-state index in [4.69, 9.17) is 20.8 Å². The molecule has 0 saturated carbocycles. The SMILES string of the molecule is O=C(NC1CCN(C(=O)c2ccco2)CC1)c1ccccc1OCc1ccc(Cl)cc1. The zero-order valence-electron chi connectivity index (χ0n) is 16.9. The predicted molar refractivity (Wildman–Crippen MR) is 117 cm³/mol. The van der Waals surface area contributed by atoms with Crippen LogP contribution >= 0.6 is 11.6 Å². The Hall–Kier alpha value is -3.25. The molecule has 0 unspecified atom stereocenters. The molecule has 0 radical (unpaired) electrons. The van der Waals surface area contributed by atoms with E-state index in [1.807, 2.05) is 36.4 Å². The molecule has 6 nitrogen and oxygen atoms in total. The number of halogens is 1. The Labute approximate surface area is 185 Å². The number of likely N-dealkylation sites (tertiary alicyclic amines) is 1. The second-order valence-corrected chi connectivity index (χ2v) is 7.86. The fraction of sp³-hybridized carbons (Fsp3) is 0.250. The molecule has 3 aromatic rings. The van der Waals surface area contributed by atoms with Crippen molar-refractivity contribution in [3.05, 3.63) is 88.8 Å². The van der Waals surface area contributed by atoms with Crippen molar-refractivity contribution in [3.8, 4) is 5.75 Å². The molecular weight excluding hydrogens is 416 g/mol. The lowest BCUT2D eigenvalue weighted by Crippen LogP contribution is -2.46. The Morgan fingerprint density at radius 1 is 1.03 bits per heavy atom. The van der Waals surface area contributed by atoms with E-state index < -0.39 is 0 Å². The van der Waals surface area contributed by atoms with Crippen molar-refractivity contribution in [2.75, 3.05) is 13.1 Å². The van der Waals surface area contributed by atoms with Crippen LogP contribution in [0.3, 0.4) is 0 Å². The molecule has 1 aliphatic rings. The van der Waals surface area contributed by atoms with Gasteiger partial charge in [0.05, 0.1) is 11.8 Å². The van der Waals surface area contributed by atoms with E-state index in [9.17, 15) is 9.59 Å². The lowest BCUT2D eigenvalue weighted by atomic mass is 10.0. The van der Waals surface area contributed by atoms with E-state index in [0.717, 1.165) is 5.56 Å². The van der Waals surface area contributed by atoms with Crippen LogP contribution in [0.4, 0.5) is 0 Å². The van der Waals surface area contributed by atoms with Gasteiger partial charge in [-0.3, -0.25) is 9.59 Å². The summed E-state index contributed by atoms with van der Waals surface area (Å²) in [4.78, 5) is 27.0. The molecule has 2 aromatic carbocycles. The third-order valence-electron chi connectivity index (χ3n) is 5.29. The highest BCUT2D eigenvalue weighted by Gasteiger charge is 2.26. The van der Waals surface area contributed by atoms with Crippen molar-refractivity contribution < 1.29 is 18.7 Å².